The lowest BCUT2D eigenvalue weighted by atomic mass is 10.1. The van der Waals surface area contributed by atoms with Crippen LogP contribution in [0.3, 0.4) is 0 Å². The molecular weight excluding hydrogens is 422 g/mol. The van der Waals surface area contributed by atoms with Crippen molar-refractivity contribution < 1.29 is 19.2 Å². The van der Waals surface area contributed by atoms with Gasteiger partial charge in [-0.05, 0) is 42.2 Å². The summed E-state index contributed by atoms with van der Waals surface area (Å²) in [6.45, 7) is 2.43. The molecule has 2 saturated heterocycles. The molecule has 2 aliphatic heterocycles. The van der Waals surface area contributed by atoms with Gasteiger partial charge in [-0.25, -0.2) is 4.79 Å². The lowest BCUT2D eigenvalue weighted by Crippen LogP contribution is -2.36. The first kappa shape index (κ1) is 22.3. The lowest BCUT2D eigenvalue weighted by Gasteiger charge is -2.26. The zero-order valence-corrected chi connectivity index (χ0v) is 18.3. The summed E-state index contributed by atoms with van der Waals surface area (Å²) in [6.07, 6.45) is 2.49. The monoisotopic (exact) mass is 449 g/mol. The SMILES string of the molecule is O=C(NCc1ccc(N2CCCCC2=O)cc1)C(=O)Nc1ccccc1CN1CCNC1=O. The maximum atomic E-state index is 12.4. The number of piperidine rings is 1. The van der Waals surface area contributed by atoms with Gasteiger partial charge in [-0.2, -0.15) is 0 Å². The molecule has 0 atom stereocenters. The Morgan fingerprint density at radius 2 is 1.73 bits per heavy atom. The summed E-state index contributed by atoms with van der Waals surface area (Å²) in [6, 6.07) is 14.3. The Hall–Kier alpha value is -3.88. The molecule has 2 aromatic carbocycles. The van der Waals surface area contributed by atoms with E-state index in [1.165, 1.54) is 0 Å². The van der Waals surface area contributed by atoms with E-state index in [4.69, 9.17) is 0 Å². The number of nitrogens with zero attached hydrogens (tertiary/aromatic N) is 2. The molecule has 3 N–H and O–H groups in total. The number of rotatable bonds is 6. The number of nitrogens with one attached hydrogen (secondary N) is 3. The number of amides is 5. The van der Waals surface area contributed by atoms with Crippen molar-refractivity contribution in [2.75, 3.05) is 29.9 Å². The third-order valence-electron chi connectivity index (χ3n) is 5.80. The van der Waals surface area contributed by atoms with Crippen molar-refractivity contribution in [3.63, 3.8) is 0 Å². The Morgan fingerprint density at radius 3 is 2.45 bits per heavy atom. The molecule has 0 unspecified atom stereocenters. The van der Waals surface area contributed by atoms with E-state index in [1.54, 1.807) is 21.9 Å². The highest BCUT2D eigenvalue weighted by Crippen LogP contribution is 2.21. The number of benzene rings is 2. The van der Waals surface area contributed by atoms with Gasteiger partial charge in [-0.3, -0.25) is 14.4 Å². The van der Waals surface area contributed by atoms with E-state index < -0.39 is 11.8 Å². The summed E-state index contributed by atoms with van der Waals surface area (Å²) in [5, 5.41) is 8.00. The van der Waals surface area contributed by atoms with Gasteiger partial charge in [0.25, 0.3) is 0 Å². The van der Waals surface area contributed by atoms with Crippen molar-refractivity contribution in [1.29, 1.82) is 0 Å². The zero-order valence-electron chi connectivity index (χ0n) is 18.3. The van der Waals surface area contributed by atoms with E-state index in [0.717, 1.165) is 36.2 Å². The Balaban J connectivity index is 1.31. The van der Waals surface area contributed by atoms with Crippen LogP contribution in [-0.4, -0.2) is 48.3 Å². The van der Waals surface area contributed by atoms with Gasteiger partial charge in [0, 0.05) is 50.5 Å². The molecule has 0 aliphatic carbocycles. The number of carbonyl (C=O) groups is 4. The molecule has 0 saturated carbocycles. The quantitative estimate of drug-likeness (QED) is 0.586. The average molecular weight is 450 g/mol. The second kappa shape index (κ2) is 10.2. The minimum Gasteiger partial charge on any atom is -0.344 e. The van der Waals surface area contributed by atoms with Crippen molar-refractivity contribution in [1.82, 2.24) is 15.5 Å². The fourth-order valence-corrected chi connectivity index (χ4v) is 3.96. The van der Waals surface area contributed by atoms with Gasteiger partial charge in [-0.1, -0.05) is 30.3 Å². The normalized spacial score (nSPS) is 15.9. The van der Waals surface area contributed by atoms with E-state index >= 15 is 0 Å². The Bertz CT molecular complexity index is 1050. The van der Waals surface area contributed by atoms with E-state index in [0.29, 0.717) is 31.7 Å². The third-order valence-corrected chi connectivity index (χ3v) is 5.80. The van der Waals surface area contributed by atoms with Crippen LogP contribution in [0.4, 0.5) is 16.2 Å². The van der Waals surface area contributed by atoms with Gasteiger partial charge in [0.15, 0.2) is 0 Å². The summed E-state index contributed by atoms with van der Waals surface area (Å²) in [4.78, 5) is 52.1. The van der Waals surface area contributed by atoms with Gasteiger partial charge < -0.3 is 25.8 Å². The number of urea groups is 1. The molecule has 2 heterocycles. The topological polar surface area (TPSA) is 111 Å². The smallest absolute Gasteiger partial charge is 0.317 e. The molecule has 2 aromatic rings. The van der Waals surface area contributed by atoms with Crippen LogP contribution in [0.5, 0.6) is 0 Å². The first-order valence-electron chi connectivity index (χ1n) is 11.1. The first-order valence-corrected chi connectivity index (χ1v) is 11.1. The van der Waals surface area contributed by atoms with Crippen LogP contribution in [0, 0.1) is 0 Å². The van der Waals surface area contributed by atoms with Gasteiger partial charge >= 0.3 is 17.8 Å². The molecule has 172 valence electrons. The first-order chi connectivity index (χ1) is 16.0. The molecule has 0 spiro atoms. The Labute approximate surface area is 192 Å². The Kier molecular flexibility index (Phi) is 6.87. The molecule has 4 rings (SSSR count). The zero-order chi connectivity index (χ0) is 23.2. The second-order valence-electron chi connectivity index (χ2n) is 8.12. The minimum atomic E-state index is -0.774. The van der Waals surface area contributed by atoms with Gasteiger partial charge in [0.2, 0.25) is 5.91 Å². The standard InChI is InChI=1S/C24H27N5O4/c30-21-7-3-4-13-29(21)19-10-8-17(9-11-19)15-26-22(31)23(32)27-20-6-2-1-5-18(20)16-28-14-12-25-24(28)33/h1-2,5-6,8-11H,3-4,7,12-16H2,(H,25,33)(H,26,31)(H,27,32). The number of hydrogen-bond donors (Lipinski definition) is 3. The summed E-state index contributed by atoms with van der Waals surface area (Å²) in [5.41, 5.74) is 2.91. The van der Waals surface area contributed by atoms with Crippen LogP contribution in [0.25, 0.3) is 0 Å². The molecule has 33 heavy (non-hydrogen) atoms. The summed E-state index contributed by atoms with van der Waals surface area (Å²) < 4.78 is 0. The van der Waals surface area contributed by atoms with Crippen molar-refractivity contribution in [3.8, 4) is 0 Å². The predicted octanol–water partition coefficient (Wildman–Crippen LogP) is 1.98. The fourth-order valence-electron chi connectivity index (χ4n) is 3.96. The van der Waals surface area contributed by atoms with Gasteiger partial charge in [-0.15, -0.1) is 0 Å². The molecule has 0 aromatic heterocycles. The number of hydrogen-bond acceptors (Lipinski definition) is 4. The lowest BCUT2D eigenvalue weighted by molar-refractivity contribution is -0.136. The highest BCUT2D eigenvalue weighted by atomic mass is 16.2. The number of para-hydroxylation sites is 1. The average Bonchev–Trinajstić information content (AvgIpc) is 3.23. The van der Waals surface area contributed by atoms with E-state index in [2.05, 4.69) is 16.0 Å². The highest BCUT2D eigenvalue weighted by Gasteiger charge is 2.22. The molecule has 9 heteroatoms. The summed E-state index contributed by atoms with van der Waals surface area (Å²) >= 11 is 0. The Morgan fingerprint density at radius 1 is 0.939 bits per heavy atom. The van der Waals surface area contributed by atoms with E-state index in [-0.39, 0.29) is 18.5 Å². The van der Waals surface area contributed by atoms with Crippen molar-refractivity contribution in [2.24, 2.45) is 0 Å². The number of anilines is 2. The molecule has 2 fully saturated rings. The molecular formula is C24H27N5O4. The predicted molar refractivity (Wildman–Crippen MR) is 123 cm³/mol. The van der Waals surface area contributed by atoms with Gasteiger partial charge in [0.05, 0.1) is 0 Å². The van der Waals surface area contributed by atoms with Gasteiger partial charge in [0.1, 0.15) is 0 Å². The third kappa shape index (κ3) is 5.49. The largest absolute Gasteiger partial charge is 0.344 e. The van der Waals surface area contributed by atoms with E-state index in [1.807, 2.05) is 36.4 Å². The molecule has 0 bridgehead atoms. The maximum absolute atomic E-state index is 12.4. The van der Waals surface area contributed by atoms with Crippen LogP contribution in [0.2, 0.25) is 0 Å². The van der Waals surface area contributed by atoms with Crippen molar-refractivity contribution in [3.05, 3.63) is 59.7 Å². The summed E-state index contributed by atoms with van der Waals surface area (Å²) in [5.74, 6) is -1.40. The number of carbonyl (C=O) groups excluding carboxylic acids is 4. The molecule has 5 amide bonds. The van der Waals surface area contributed by atoms with Crippen LogP contribution < -0.4 is 20.9 Å². The molecule has 2 aliphatic rings. The van der Waals surface area contributed by atoms with Crippen LogP contribution >= 0.6 is 0 Å². The second-order valence-corrected chi connectivity index (χ2v) is 8.12. The molecule has 9 nitrogen and oxygen atoms in total. The summed E-state index contributed by atoms with van der Waals surface area (Å²) in [7, 11) is 0. The van der Waals surface area contributed by atoms with Crippen LogP contribution in [0.15, 0.2) is 48.5 Å². The fraction of sp³-hybridized carbons (Fsp3) is 0.333. The van der Waals surface area contributed by atoms with Crippen LogP contribution in [-0.2, 0) is 27.5 Å². The maximum Gasteiger partial charge on any atom is 0.317 e. The highest BCUT2D eigenvalue weighted by molar-refractivity contribution is 6.39. The van der Waals surface area contributed by atoms with E-state index in [9.17, 15) is 19.2 Å². The van der Waals surface area contributed by atoms with Crippen LogP contribution in [0.1, 0.15) is 30.4 Å². The molecule has 0 radical (unpaired) electrons. The van der Waals surface area contributed by atoms with Crippen molar-refractivity contribution in [2.45, 2.75) is 32.4 Å². The minimum absolute atomic E-state index is 0.129. The van der Waals surface area contributed by atoms with Crippen molar-refractivity contribution >= 4 is 35.1 Å².